The monoisotopic (exact) mass is 286 g/mol. The third kappa shape index (κ3) is 3.08. The molecule has 110 valence electrons. The standard InChI is InChI=1S/C15H26N2O.ClH/c16-13-7-2-6-12(13)10-15(18)17-9-3-8-14(17)11-4-1-5-11;/h11-14H,1-10,16H2;1H/t12-,13+,14?;/m0./s1. The van der Waals surface area contributed by atoms with E-state index < -0.39 is 0 Å². The summed E-state index contributed by atoms with van der Waals surface area (Å²) in [6, 6.07) is 0.850. The van der Waals surface area contributed by atoms with Crippen molar-refractivity contribution in [1.29, 1.82) is 0 Å². The van der Waals surface area contributed by atoms with E-state index in [4.69, 9.17) is 5.73 Å². The van der Waals surface area contributed by atoms with E-state index in [0.717, 1.165) is 25.3 Å². The van der Waals surface area contributed by atoms with Gasteiger partial charge in [0.2, 0.25) is 5.91 Å². The molecule has 1 unspecified atom stereocenters. The minimum Gasteiger partial charge on any atom is -0.339 e. The number of hydrogen-bond donors (Lipinski definition) is 1. The maximum atomic E-state index is 12.5. The Morgan fingerprint density at radius 2 is 1.79 bits per heavy atom. The average Bonchev–Trinajstić information content (AvgIpc) is 2.87. The molecule has 3 fully saturated rings. The predicted octanol–water partition coefficient (Wildman–Crippen LogP) is 2.72. The van der Waals surface area contributed by atoms with Crippen LogP contribution < -0.4 is 5.73 Å². The van der Waals surface area contributed by atoms with Crippen molar-refractivity contribution in [1.82, 2.24) is 4.90 Å². The SMILES string of the molecule is Cl.N[C@@H]1CCC[C@H]1CC(=O)N1CCCC1C1CCC1. The van der Waals surface area contributed by atoms with Crippen LogP contribution in [-0.2, 0) is 4.79 Å². The smallest absolute Gasteiger partial charge is 0.223 e. The minimum atomic E-state index is 0. The van der Waals surface area contributed by atoms with E-state index in [0.29, 0.717) is 24.3 Å². The fraction of sp³-hybridized carbons (Fsp3) is 0.933. The van der Waals surface area contributed by atoms with Crippen LogP contribution in [0.15, 0.2) is 0 Å². The van der Waals surface area contributed by atoms with E-state index >= 15 is 0 Å². The summed E-state index contributed by atoms with van der Waals surface area (Å²) in [5.41, 5.74) is 6.09. The van der Waals surface area contributed by atoms with E-state index in [-0.39, 0.29) is 18.4 Å². The van der Waals surface area contributed by atoms with Crippen LogP contribution in [-0.4, -0.2) is 29.4 Å². The number of likely N-dealkylation sites (tertiary alicyclic amines) is 1. The number of hydrogen-bond acceptors (Lipinski definition) is 2. The van der Waals surface area contributed by atoms with Crippen LogP contribution in [0.5, 0.6) is 0 Å². The molecule has 0 spiro atoms. The summed E-state index contributed by atoms with van der Waals surface area (Å²) in [5.74, 6) is 1.67. The molecule has 0 aromatic rings. The number of carbonyl (C=O) groups is 1. The molecule has 0 aromatic heterocycles. The highest BCUT2D eigenvalue weighted by molar-refractivity contribution is 5.85. The maximum absolute atomic E-state index is 12.5. The van der Waals surface area contributed by atoms with E-state index in [1.54, 1.807) is 0 Å². The fourth-order valence-electron chi connectivity index (χ4n) is 4.08. The highest BCUT2D eigenvalue weighted by Gasteiger charge is 2.38. The Morgan fingerprint density at radius 3 is 2.37 bits per heavy atom. The fourth-order valence-corrected chi connectivity index (χ4v) is 4.08. The van der Waals surface area contributed by atoms with Gasteiger partial charge in [0.1, 0.15) is 0 Å². The molecule has 3 aliphatic rings. The lowest BCUT2D eigenvalue weighted by molar-refractivity contribution is -0.134. The largest absolute Gasteiger partial charge is 0.339 e. The molecule has 0 bridgehead atoms. The summed E-state index contributed by atoms with van der Waals surface area (Å²) >= 11 is 0. The van der Waals surface area contributed by atoms with Gasteiger partial charge in [-0.2, -0.15) is 0 Å². The van der Waals surface area contributed by atoms with Gasteiger partial charge in [0, 0.05) is 25.0 Å². The Bertz CT molecular complexity index is 319. The highest BCUT2D eigenvalue weighted by atomic mass is 35.5. The molecule has 0 radical (unpaired) electrons. The molecule has 3 atom stereocenters. The molecule has 2 aliphatic carbocycles. The summed E-state index contributed by atoms with van der Waals surface area (Å²) in [6.07, 6.45) is 10.7. The average molecular weight is 287 g/mol. The molecule has 3 nitrogen and oxygen atoms in total. The lowest BCUT2D eigenvalue weighted by Gasteiger charge is -2.37. The van der Waals surface area contributed by atoms with Crippen molar-refractivity contribution < 1.29 is 4.79 Å². The van der Waals surface area contributed by atoms with Gasteiger partial charge in [-0.25, -0.2) is 0 Å². The van der Waals surface area contributed by atoms with Crippen LogP contribution in [0.3, 0.4) is 0 Å². The van der Waals surface area contributed by atoms with Gasteiger partial charge in [-0.1, -0.05) is 12.8 Å². The zero-order valence-electron chi connectivity index (χ0n) is 11.7. The molecule has 2 N–H and O–H groups in total. The van der Waals surface area contributed by atoms with Crippen molar-refractivity contribution in [3.8, 4) is 0 Å². The predicted molar refractivity (Wildman–Crippen MR) is 79.3 cm³/mol. The lowest BCUT2D eigenvalue weighted by atomic mass is 9.78. The van der Waals surface area contributed by atoms with E-state index in [2.05, 4.69) is 4.90 Å². The quantitative estimate of drug-likeness (QED) is 0.867. The highest BCUT2D eigenvalue weighted by Crippen LogP contribution is 2.38. The topological polar surface area (TPSA) is 46.3 Å². The van der Waals surface area contributed by atoms with Crippen molar-refractivity contribution in [2.45, 2.75) is 69.9 Å². The van der Waals surface area contributed by atoms with Crippen LogP contribution in [0.2, 0.25) is 0 Å². The number of rotatable bonds is 3. The zero-order valence-corrected chi connectivity index (χ0v) is 12.5. The molecule has 4 heteroatoms. The van der Waals surface area contributed by atoms with Crippen molar-refractivity contribution >= 4 is 18.3 Å². The first-order chi connectivity index (χ1) is 8.75. The summed E-state index contributed by atoms with van der Waals surface area (Å²) in [7, 11) is 0. The van der Waals surface area contributed by atoms with Gasteiger partial charge in [0.15, 0.2) is 0 Å². The Morgan fingerprint density at radius 1 is 1.05 bits per heavy atom. The van der Waals surface area contributed by atoms with Crippen molar-refractivity contribution in [3.63, 3.8) is 0 Å². The number of carbonyl (C=O) groups excluding carboxylic acids is 1. The number of nitrogens with two attached hydrogens (primary N) is 1. The van der Waals surface area contributed by atoms with Crippen LogP contribution in [0, 0.1) is 11.8 Å². The van der Waals surface area contributed by atoms with Crippen LogP contribution in [0.1, 0.15) is 57.8 Å². The Hall–Kier alpha value is -0.280. The van der Waals surface area contributed by atoms with E-state index in [1.165, 1.54) is 38.5 Å². The molecular weight excluding hydrogens is 260 g/mol. The first-order valence-corrected chi connectivity index (χ1v) is 7.81. The number of amides is 1. The summed E-state index contributed by atoms with van der Waals surface area (Å²) < 4.78 is 0. The van der Waals surface area contributed by atoms with Gasteiger partial charge < -0.3 is 10.6 Å². The Labute approximate surface area is 122 Å². The van der Waals surface area contributed by atoms with Gasteiger partial charge in [-0.15, -0.1) is 12.4 Å². The Kier molecular flexibility index (Phi) is 5.13. The van der Waals surface area contributed by atoms with Gasteiger partial charge >= 0.3 is 0 Å². The first-order valence-electron chi connectivity index (χ1n) is 7.81. The second-order valence-corrected chi connectivity index (χ2v) is 6.55. The molecular formula is C15H27ClN2O. The second-order valence-electron chi connectivity index (χ2n) is 6.55. The normalized spacial score (nSPS) is 35.0. The molecule has 19 heavy (non-hydrogen) atoms. The minimum absolute atomic E-state index is 0. The molecule has 0 aromatic carbocycles. The van der Waals surface area contributed by atoms with Crippen LogP contribution in [0.25, 0.3) is 0 Å². The van der Waals surface area contributed by atoms with Gasteiger partial charge in [0.05, 0.1) is 0 Å². The maximum Gasteiger partial charge on any atom is 0.223 e. The van der Waals surface area contributed by atoms with Crippen molar-refractivity contribution in [2.24, 2.45) is 17.6 Å². The molecule has 2 saturated carbocycles. The second kappa shape index (κ2) is 6.45. The van der Waals surface area contributed by atoms with Crippen LogP contribution in [0.4, 0.5) is 0 Å². The molecule has 1 amide bonds. The van der Waals surface area contributed by atoms with Crippen molar-refractivity contribution in [2.75, 3.05) is 6.54 Å². The lowest BCUT2D eigenvalue weighted by Crippen LogP contribution is -2.43. The zero-order chi connectivity index (χ0) is 12.5. The molecule has 1 heterocycles. The Balaban J connectivity index is 0.00000133. The molecule has 1 aliphatic heterocycles. The molecule has 3 rings (SSSR count). The third-order valence-electron chi connectivity index (χ3n) is 5.47. The summed E-state index contributed by atoms with van der Waals surface area (Å²) in [5, 5.41) is 0. The third-order valence-corrected chi connectivity index (χ3v) is 5.47. The van der Waals surface area contributed by atoms with Crippen molar-refractivity contribution in [3.05, 3.63) is 0 Å². The number of nitrogens with zero attached hydrogens (tertiary/aromatic N) is 1. The van der Waals surface area contributed by atoms with E-state index in [9.17, 15) is 4.79 Å². The van der Waals surface area contributed by atoms with Crippen LogP contribution >= 0.6 is 12.4 Å². The number of halogens is 1. The summed E-state index contributed by atoms with van der Waals surface area (Å²) in [4.78, 5) is 14.7. The van der Waals surface area contributed by atoms with Gasteiger partial charge in [-0.3, -0.25) is 4.79 Å². The summed E-state index contributed by atoms with van der Waals surface area (Å²) in [6.45, 7) is 1.00. The van der Waals surface area contributed by atoms with Gasteiger partial charge in [0.25, 0.3) is 0 Å². The molecule has 1 saturated heterocycles. The van der Waals surface area contributed by atoms with E-state index in [1.807, 2.05) is 0 Å². The van der Waals surface area contributed by atoms with Gasteiger partial charge in [-0.05, 0) is 50.4 Å². The first kappa shape index (κ1) is 15.1.